The monoisotopic (exact) mass is 557 g/mol. The first-order chi connectivity index (χ1) is 19.2. The molecule has 0 saturated heterocycles. The second-order valence-corrected chi connectivity index (χ2v) is 11.8. The van der Waals surface area contributed by atoms with Gasteiger partial charge in [-0.25, -0.2) is 23.4 Å². The van der Waals surface area contributed by atoms with E-state index >= 15 is 0 Å². The Labute approximate surface area is 231 Å². The van der Waals surface area contributed by atoms with Crippen molar-refractivity contribution in [2.24, 2.45) is 0 Å². The minimum atomic E-state index is -3.48. The Morgan fingerprint density at radius 2 is 1.88 bits per heavy atom. The summed E-state index contributed by atoms with van der Waals surface area (Å²) in [4.78, 5) is 25.9. The van der Waals surface area contributed by atoms with Crippen LogP contribution in [0.15, 0.2) is 61.2 Å². The van der Waals surface area contributed by atoms with Crippen molar-refractivity contribution < 1.29 is 13.2 Å². The van der Waals surface area contributed by atoms with Gasteiger partial charge < -0.3 is 16.0 Å². The van der Waals surface area contributed by atoms with Gasteiger partial charge in [-0.1, -0.05) is 12.1 Å². The number of benzene rings is 1. The summed E-state index contributed by atoms with van der Waals surface area (Å²) >= 11 is 0. The summed E-state index contributed by atoms with van der Waals surface area (Å²) in [5, 5.41) is 21.9. The van der Waals surface area contributed by atoms with Crippen LogP contribution >= 0.6 is 0 Å². The maximum Gasteiger partial charge on any atom is 0.256 e. The summed E-state index contributed by atoms with van der Waals surface area (Å²) in [5.74, 6) is 1.02. The summed E-state index contributed by atoms with van der Waals surface area (Å²) in [7, 11) is -3.48. The minimum Gasteiger partial charge on any atom is -0.381 e. The number of amides is 1. The first-order valence-electron chi connectivity index (χ1n) is 12.7. The summed E-state index contributed by atoms with van der Waals surface area (Å²) in [6.07, 6.45) is 7.40. The lowest BCUT2D eigenvalue weighted by Crippen LogP contribution is -2.18. The zero-order valence-electron chi connectivity index (χ0n) is 21.9. The predicted octanol–water partition coefficient (Wildman–Crippen LogP) is 3.69. The third kappa shape index (κ3) is 6.24. The molecule has 5 rings (SSSR count). The van der Waals surface area contributed by atoms with Crippen LogP contribution in [0.2, 0.25) is 0 Å². The SMILES string of the molecule is CC(C)Nc1cc(Nc2ccnc(-c3cnn(S(=O)(=O)C4CC4)c3)n2)ncc1NC(=O)Cc1ccc(C#N)cc1. The van der Waals surface area contributed by atoms with Crippen molar-refractivity contribution in [3.8, 4) is 17.5 Å². The van der Waals surface area contributed by atoms with Crippen LogP contribution in [-0.2, 0) is 21.2 Å². The van der Waals surface area contributed by atoms with Crippen LogP contribution in [-0.4, -0.2) is 49.8 Å². The van der Waals surface area contributed by atoms with Crippen LogP contribution in [0.3, 0.4) is 0 Å². The smallest absolute Gasteiger partial charge is 0.256 e. The van der Waals surface area contributed by atoms with Crippen molar-refractivity contribution in [1.29, 1.82) is 5.26 Å². The van der Waals surface area contributed by atoms with Crippen molar-refractivity contribution in [1.82, 2.24) is 24.1 Å². The first-order valence-corrected chi connectivity index (χ1v) is 14.2. The lowest BCUT2D eigenvalue weighted by atomic mass is 10.1. The molecular formula is C27H27N9O3S. The molecule has 3 N–H and O–H groups in total. The maximum atomic E-state index is 12.7. The molecule has 3 heterocycles. The molecule has 1 aliphatic rings. The third-order valence-electron chi connectivity index (χ3n) is 6.01. The number of carbonyl (C=O) groups excluding carboxylic acids is 1. The lowest BCUT2D eigenvalue weighted by molar-refractivity contribution is -0.115. The van der Waals surface area contributed by atoms with Gasteiger partial charge >= 0.3 is 0 Å². The zero-order chi connectivity index (χ0) is 28.3. The van der Waals surface area contributed by atoms with Crippen LogP contribution < -0.4 is 16.0 Å². The molecule has 1 amide bonds. The van der Waals surface area contributed by atoms with E-state index in [1.165, 1.54) is 12.4 Å². The largest absolute Gasteiger partial charge is 0.381 e. The van der Waals surface area contributed by atoms with E-state index in [0.717, 1.165) is 9.65 Å². The lowest BCUT2D eigenvalue weighted by Gasteiger charge is -2.17. The van der Waals surface area contributed by atoms with Crippen LogP contribution in [0.5, 0.6) is 0 Å². The summed E-state index contributed by atoms with van der Waals surface area (Å²) in [5.41, 5.74) is 2.99. The average Bonchev–Trinajstić information content (AvgIpc) is 3.67. The third-order valence-corrected chi connectivity index (χ3v) is 8.04. The van der Waals surface area contributed by atoms with E-state index in [9.17, 15) is 13.2 Å². The molecule has 0 radical (unpaired) electrons. The number of nitrogens with one attached hydrogen (secondary N) is 3. The van der Waals surface area contributed by atoms with Crippen molar-refractivity contribution in [2.75, 3.05) is 16.0 Å². The molecule has 0 atom stereocenters. The van der Waals surface area contributed by atoms with E-state index in [4.69, 9.17) is 5.26 Å². The highest BCUT2D eigenvalue weighted by molar-refractivity contribution is 7.90. The van der Waals surface area contributed by atoms with E-state index in [-0.39, 0.29) is 23.6 Å². The highest BCUT2D eigenvalue weighted by Crippen LogP contribution is 2.30. The van der Waals surface area contributed by atoms with E-state index in [1.807, 2.05) is 13.8 Å². The summed E-state index contributed by atoms with van der Waals surface area (Å²) in [6, 6.07) is 12.4. The molecular weight excluding hydrogens is 530 g/mol. The molecule has 4 aromatic rings. The van der Waals surface area contributed by atoms with Gasteiger partial charge in [0.25, 0.3) is 10.0 Å². The fourth-order valence-corrected chi connectivity index (χ4v) is 5.38. The van der Waals surface area contributed by atoms with Gasteiger partial charge in [-0.3, -0.25) is 4.79 Å². The number of aromatic nitrogens is 5. The fraction of sp³-hybridized carbons (Fsp3) is 0.259. The second kappa shape index (κ2) is 11.1. The molecule has 1 saturated carbocycles. The van der Waals surface area contributed by atoms with Crippen molar-refractivity contribution >= 4 is 38.9 Å². The Morgan fingerprint density at radius 3 is 2.58 bits per heavy atom. The Hall–Kier alpha value is -4.83. The molecule has 1 aromatic carbocycles. The number of hydrogen-bond acceptors (Lipinski definition) is 10. The molecule has 0 aliphatic heterocycles. The number of carbonyl (C=O) groups is 1. The van der Waals surface area contributed by atoms with Gasteiger partial charge in [0.1, 0.15) is 11.6 Å². The van der Waals surface area contributed by atoms with Crippen molar-refractivity contribution in [3.63, 3.8) is 0 Å². The molecule has 12 nitrogen and oxygen atoms in total. The van der Waals surface area contributed by atoms with Gasteiger partial charge in [0.2, 0.25) is 5.91 Å². The zero-order valence-corrected chi connectivity index (χ0v) is 22.7. The van der Waals surface area contributed by atoms with E-state index < -0.39 is 10.0 Å². The first kappa shape index (κ1) is 26.8. The highest BCUT2D eigenvalue weighted by Gasteiger charge is 2.37. The quantitative estimate of drug-likeness (QED) is 0.261. The molecule has 1 aliphatic carbocycles. The summed E-state index contributed by atoms with van der Waals surface area (Å²) in [6.45, 7) is 3.96. The van der Waals surface area contributed by atoms with Gasteiger partial charge in [-0.05, 0) is 50.5 Å². The van der Waals surface area contributed by atoms with Crippen LogP contribution in [0.25, 0.3) is 11.4 Å². The van der Waals surface area contributed by atoms with Gasteiger partial charge in [0.05, 0.1) is 58.8 Å². The number of pyridine rings is 1. The number of hydrogen-bond donors (Lipinski definition) is 3. The van der Waals surface area contributed by atoms with E-state index in [2.05, 4.69) is 42.1 Å². The fourth-order valence-electron chi connectivity index (χ4n) is 3.91. The molecule has 1 fully saturated rings. The topological polar surface area (TPSA) is 168 Å². The van der Waals surface area contributed by atoms with Gasteiger partial charge in [0, 0.05) is 18.3 Å². The number of nitrogens with zero attached hydrogens (tertiary/aromatic N) is 6. The molecule has 0 unspecified atom stereocenters. The Kier molecular flexibility index (Phi) is 7.43. The standard InChI is InChI=1S/C27H27N9O3S/c1-17(2)32-22-12-25(30-15-23(22)33-26(37)11-18-3-5-19(13-28)6-4-18)34-24-9-10-29-27(35-24)20-14-31-36(16-20)40(38,39)21-7-8-21/h3-6,9-10,12,14-17,21H,7-8,11H2,1-2H3,(H,33,37)(H2,29,30,32,34,35). The molecule has 3 aromatic heterocycles. The highest BCUT2D eigenvalue weighted by atomic mass is 32.2. The number of anilines is 4. The normalized spacial score (nSPS) is 13.1. The van der Waals surface area contributed by atoms with Crippen LogP contribution in [0.1, 0.15) is 37.8 Å². The maximum absolute atomic E-state index is 12.7. The van der Waals surface area contributed by atoms with Gasteiger partial charge in [-0.2, -0.15) is 14.4 Å². The van der Waals surface area contributed by atoms with Gasteiger partial charge in [0.15, 0.2) is 5.82 Å². The van der Waals surface area contributed by atoms with E-state index in [1.54, 1.807) is 48.8 Å². The molecule has 0 spiro atoms. The van der Waals surface area contributed by atoms with Crippen LogP contribution in [0.4, 0.5) is 23.0 Å². The minimum absolute atomic E-state index is 0.0820. The molecule has 0 bridgehead atoms. The van der Waals surface area contributed by atoms with E-state index in [0.29, 0.717) is 52.8 Å². The van der Waals surface area contributed by atoms with Crippen molar-refractivity contribution in [3.05, 3.63) is 72.3 Å². The number of rotatable bonds is 10. The number of nitriles is 1. The summed E-state index contributed by atoms with van der Waals surface area (Å²) < 4.78 is 25.9. The Morgan fingerprint density at radius 1 is 1.10 bits per heavy atom. The van der Waals surface area contributed by atoms with Crippen molar-refractivity contribution in [2.45, 2.75) is 44.4 Å². The second-order valence-electron chi connectivity index (χ2n) is 9.68. The predicted molar refractivity (Wildman–Crippen MR) is 150 cm³/mol. The Balaban J connectivity index is 1.31. The van der Waals surface area contributed by atoms with Gasteiger partial charge in [-0.15, -0.1) is 0 Å². The van der Waals surface area contributed by atoms with Crippen LogP contribution in [0, 0.1) is 11.3 Å². The molecule has 204 valence electrons. The average molecular weight is 558 g/mol. The molecule has 40 heavy (non-hydrogen) atoms. The molecule has 13 heteroatoms. The Bertz CT molecular complexity index is 1690.